The second-order valence-corrected chi connectivity index (χ2v) is 5.79. The lowest BCUT2D eigenvalue weighted by Crippen LogP contribution is -2.48. The summed E-state index contributed by atoms with van der Waals surface area (Å²) in [5, 5.41) is 0. The van der Waals surface area contributed by atoms with Crippen LogP contribution >= 0.6 is 0 Å². The highest BCUT2D eigenvalue weighted by molar-refractivity contribution is 6.23. The van der Waals surface area contributed by atoms with Gasteiger partial charge < -0.3 is 19.1 Å². The first-order valence-corrected chi connectivity index (χ1v) is 8.35. The third-order valence-electron chi connectivity index (χ3n) is 4.18. The molecule has 0 bridgehead atoms. The van der Waals surface area contributed by atoms with E-state index in [1.165, 1.54) is 26.0 Å². The van der Waals surface area contributed by atoms with Crippen molar-refractivity contribution in [2.45, 2.75) is 32.6 Å². The number of hydrogen-bond acceptors (Lipinski definition) is 6. The minimum absolute atomic E-state index is 0.0587. The van der Waals surface area contributed by atoms with E-state index < -0.39 is 18.2 Å². The number of methoxy groups -OCH3 is 2. The lowest BCUT2D eigenvalue weighted by Gasteiger charge is -2.29. The van der Waals surface area contributed by atoms with Crippen molar-refractivity contribution in [2.75, 3.05) is 32.3 Å². The standard InChI is InChI=1S/C18H24N2O6/c1-5-26-14-8-6-13(7-9-14)20-16(22)10-15(18(20)23)19(12(2)21)11-17(24-3)25-4/h6-9,15,17H,5,10-11H2,1-4H3. The van der Waals surface area contributed by atoms with Crippen LogP contribution in [0.15, 0.2) is 24.3 Å². The highest BCUT2D eigenvalue weighted by Gasteiger charge is 2.44. The molecule has 1 saturated heterocycles. The molecule has 1 aromatic rings. The molecule has 1 aromatic carbocycles. The summed E-state index contributed by atoms with van der Waals surface area (Å²) in [6, 6.07) is 5.81. The quantitative estimate of drug-likeness (QED) is 0.509. The molecule has 0 saturated carbocycles. The maximum absolute atomic E-state index is 12.8. The van der Waals surface area contributed by atoms with E-state index in [0.717, 1.165) is 4.90 Å². The molecular formula is C18H24N2O6. The smallest absolute Gasteiger partial charge is 0.257 e. The average Bonchev–Trinajstić information content (AvgIpc) is 2.91. The van der Waals surface area contributed by atoms with Crippen molar-refractivity contribution in [3.8, 4) is 5.75 Å². The molecule has 8 nitrogen and oxygen atoms in total. The van der Waals surface area contributed by atoms with Crippen molar-refractivity contribution in [2.24, 2.45) is 0 Å². The van der Waals surface area contributed by atoms with Crippen LogP contribution in [0.25, 0.3) is 0 Å². The Bertz CT molecular complexity index is 656. The van der Waals surface area contributed by atoms with Gasteiger partial charge in [-0.3, -0.25) is 14.4 Å². The Kier molecular flexibility index (Phi) is 6.70. The normalized spacial score (nSPS) is 17.1. The van der Waals surface area contributed by atoms with E-state index >= 15 is 0 Å². The molecule has 0 spiro atoms. The molecule has 1 aliphatic rings. The van der Waals surface area contributed by atoms with E-state index in [1.54, 1.807) is 24.3 Å². The van der Waals surface area contributed by atoms with Gasteiger partial charge in [-0.1, -0.05) is 0 Å². The summed E-state index contributed by atoms with van der Waals surface area (Å²) < 4.78 is 15.6. The number of carbonyl (C=O) groups is 3. The molecule has 142 valence electrons. The zero-order chi connectivity index (χ0) is 19.3. The van der Waals surface area contributed by atoms with E-state index in [9.17, 15) is 14.4 Å². The Morgan fingerprint density at radius 3 is 2.35 bits per heavy atom. The Morgan fingerprint density at radius 1 is 1.23 bits per heavy atom. The molecule has 1 atom stereocenters. The fourth-order valence-electron chi connectivity index (χ4n) is 2.87. The lowest BCUT2D eigenvalue weighted by molar-refractivity contribution is -0.150. The molecule has 0 aliphatic carbocycles. The van der Waals surface area contributed by atoms with Crippen LogP contribution in [0.1, 0.15) is 20.3 Å². The highest BCUT2D eigenvalue weighted by Crippen LogP contribution is 2.27. The van der Waals surface area contributed by atoms with Gasteiger partial charge in [0.1, 0.15) is 11.8 Å². The Morgan fingerprint density at radius 2 is 1.85 bits per heavy atom. The van der Waals surface area contributed by atoms with Gasteiger partial charge in [0.25, 0.3) is 5.91 Å². The van der Waals surface area contributed by atoms with Crippen LogP contribution in [0.5, 0.6) is 5.75 Å². The number of imide groups is 1. The van der Waals surface area contributed by atoms with Crippen LogP contribution in [0.2, 0.25) is 0 Å². The minimum Gasteiger partial charge on any atom is -0.494 e. The summed E-state index contributed by atoms with van der Waals surface area (Å²) in [5.74, 6) is -0.480. The van der Waals surface area contributed by atoms with Crippen molar-refractivity contribution < 1.29 is 28.6 Å². The van der Waals surface area contributed by atoms with Gasteiger partial charge in [-0.05, 0) is 31.2 Å². The zero-order valence-corrected chi connectivity index (χ0v) is 15.4. The molecule has 1 heterocycles. The number of ether oxygens (including phenoxy) is 3. The van der Waals surface area contributed by atoms with Crippen LogP contribution < -0.4 is 9.64 Å². The van der Waals surface area contributed by atoms with Gasteiger partial charge in [0.05, 0.1) is 25.3 Å². The molecule has 2 rings (SSSR count). The summed E-state index contributed by atoms with van der Waals surface area (Å²) in [6.45, 7) is 3.80. The van der Waals surface area contributed by atoms with Crippen molar-refractivity contribution >= 4 is 23.4 Å². The number of rotatable bonds is 8. The molecule has 1 unspecified atom stereocenters. The van der Waals surface area contributed by atoms with Crippen molar-refractivity contribution in [1.29, 1.82) is 0 Å². The molecule has 1 fully saturated rings. The van der Waals surface area contributed by atoms with E-state index in [1.807, 2.05) is 6.92 Å². The summed E-state index contributed by atoms with van der Waals surface area (Å²) >= 11 is 0. The molecule has 26 heavy (non-hydrogen) atoms. The summed E-state index contributed by atoms with van der Waals surface area (Å²) in [7, 11) is 2.89. The maximum atomic E-state index is 12.8. The van der Waals surface area contributed by atoms with E-state index in [4.69, 9.17) is 14.2 Å². The largest absolute Gasteiger partial charge is 0.494 e. The first-order chi connectivity index (χ1) is 12.4. The summed E-state index contributed by atoms with van der Waals surface area (Å²) in [5.41, 5.74) is 0.449. The summed E-state index contributed by atoms with van der Waals surface area (Å²) in [6.07, 6.45) is -0.757. The van der Waals surface area contributed by atoms with Crippen LogP contribution in [-0.4, -0.2) is 62.3 Å². The molecule has 8 heteroatoms. The first kappa shape index (κ1) is 19.9. The van der Waals surface area contributed by atoms with Crippen LogP contribution in [0.3, 0.4) is 0 Å². The number of amides is 3. The first-order valence-electron chi connectivity index (χ1n) is 8.35. The highest BCUT2D eigenvalue weighted by atomic mass is 16.7. The van der Waals surface area contributed by atoms with Gasteiger partial charge in [0.15, 0.2) is 6.29 Å². The second-order valence-electron chi connectivity index (χ2n) is 5.79. The fourth-order valence-corrected chi connectivity index (χ4v) is 2.87. The van der Waals surface area contributed by atoms with Gasteiger partial charge in [-0.15, -0.1) is 0 Å². The Balaban J connectivity index is 2.21. The minimum atomic E-state index is -0.876. The molecule has 0 radical (unpaired) electrons. The van der Waals surface area contributed by atoms with Gasteiger partial charge >= 0.3 is 0 Å². The van der Waals surface area contributed by atoms with Crippen LogP contribution in [0, 0.1) is 0 Å². The van der Waals surface area contributed by atoms with Crippen LogP contribution in [-0.2, 0) is 23.9 Å². The fraction of sp³-hybridized carbons (Fsp3) is 0.500. The Labute approximate surface area is 152 Å². The number of benzene rings is 1. The number of hydrogen-bond donors (Lipinski definition) is 0. The number of anilines is 1. The number of carbonyl (C=O) groups excluding carboxylic acids is 3. The molecule has 0 N–H and O–H groups in total. The third kappa shape index (κ3) is 4.20. The molecular weight excluding hydrogens is 340 g/mol. The predicted molar refractivity (Wildman–Crippen MR) is 93.7 cm³/mol. The second kappa shape index (κ2) is 8.77. The van der Waals surface area contributed by atoms with Gasteiger partial charge in [0.2, 0.25) is 11.8 Å². The maximum Gasteiger partial charge on any atom is 0.257 e. The summed E-state index contributed by atoms with van der Waals surface area (Å²) in [4.78, 5) is 39.7. The van der Waals surface area contributed by atoms with Gasteiger partial charge in [-0.25, -0.2) is 4.90 Å². The Hall–Kier alpha value is -2.45. The SMILES string of the molecule is CCOc1ccc(N2C(=O)CC(N(CC(OC)OC)C(C)=O)C2=O)cc1. The lowest BCUT2D eigenvalue weighted by atomic mass is 10.2. The zero-order valence-electron chi connectivity index (χ0n) is 15.4. The van der Waals surface area contributed by atoms with E-state index in [-0.39, 0.29) is 24.8 Å². The van der Waals surface area contributed by atoms with Crippen molar-refractivity contribution in [3.05, 3.63) is 24.3 Å². The van der Waals surface area contributed by atoms with Gasteiger partial charge in [-0.2, -0.15) is 0 Å². The predicted octanol–water partition coefficient (Wildman–Crippen LogP) is 1.18. The van der Waals surface area contributed by atoms with Crippen molar-refractivity contribution in [3.63, 3.8) is 0 Å². The molecule has 1 aliphatic heterocycles. The molecule has 0 aromatic heterocycles. The van der Waals surface area contributed by atoms with E-state index in [2.05, 4.69) is 0 Å². The third-order valence-corrected chi connectivity index (χ3v) is 4.18. The van der Waals surface area contributed by atoms with E-state index in [0.29, 0.717) is 18.0 Å². The van der Waals surface area contributed by atoms with Gasteiger partial charge in [0, 0.05) is 21.1 Å². The molecule has 3 amide bonds. The topological polar surface area (TPSA) is 85.4 Å². The van der Waals surface area contributed by atoms with Crippen LogP contribution in [0.4, 0.5) is 5.69 Å². The average molecular weight is 364 g/mol. The number of nitrogens with zero attached hydrogens (tertiary/aromatic N) is 2. The monoisotopic (exact) mass is 364 g/mol. The van der Waals surface area contributed by atoms with Crippen molar-refractivity contribution in [1.82, 2.24) is 4.90 Å².